The number of rotatable bonds is 3. The van der Waals surface area contributed by atoms with Crippen molar-refractivity contribution in [3.05, 3.63) is 23.8 Å². The number of fused-ring (bicyclic) bond motifs is 1. The molecule has 1 amide bonds. The second-order valence-corrected chi connectivity index (χ2v) is 9.08. The average Bonchev–Trinajstić information content (AvgIpc) is 2.79. The summed E-state index contributed by atoms with van der Waals surface area (Å²) in [5.74, 6) is -0.0146. The minimum Gasteiger partial charge on any atom is -0.312 e. The Labute approximate surface area is 133 Å². The van der Waals surface area contributed by atoms with Crippen LogP contribution < -0.4 is 4.90 Å². The van der Waals surface area contributed by atoms with Gasteiger partial charge in [0.2, 0.25) is 15.9 Å². The summed E-state index contributed by atoms with van der Waals surface area (Å²) in [6.07, 6.45) is 0.696. The first-order valence-corrected chi connectivity index (χ1v) is 8.84. The molecule has 5 nitrogen and oxygen atoms in total. The van der Waals surface area contributed by atoms with Crippen molar-refractivity contribution in [1.82, 2.24) is 4.31 Å². The molecule has 0 fully saturated rings. The normalized spacial score (nSPS) is 15.3. The number of carbonyl (C=O) groups is 1. The van der Waals surface area contributed by atoms with Crippen molar-refractivity contribution in [2.24, 2.45) is 5.41 Å². The monoisotopic (exact) mass is 324 g/mol. The van der Waals surface area contributed by atoms with Gasteiger partial charge in [-0.1, -0.05) is 20.8 Å². The largest absolute Gasteiger partial charge is 0.312 e. The van der Waals surface area contributed by atoms with E-state index in [0.29, 0.717) is 24.4 Å². The molecular weight excluding hydrogens is 300 g/mol. The highest BCUT2D eigenvalue weighted by molar-refractivity contribution is 7.89. The van der Waals surface area contributed by atoms with Crippen LogP contribution in [0.2, 0.25) is 0 Å². The standard InChI is InChI=1S/C16H24N2O3S/c1-12(19)18-9-8-13-10-14(6-7-15(13)18)22(20,21)17(5)11-16(2,3)4/h6-7,10H,8-9,11H2,1-5H3. The van der Waals surface area contributed by atoms with Crippen molar-refractivity contribution < 1.29 is 13.2 Å². The molecule has 1 aromatic carbocycles. The summed E-state index contributed by atoms with van der Waals surface area (Å²) in [5.41, 5.74) is 1.63. The molecule has 1 aliphatic heterocycles. The molecule has 1 aromatic rings. The molecule has 0 N–H and O–H groups in total. The molecule has 0 saturated carbocycles. The molecule has 0 unspecified atom stereocenters. The zero-order valence-corrected chi connectivity index (χ0v) is 14.7. The lowest BCUT2D eigenvalue weighted by Gasteiger charge is -2.26. The lowest BCUT2D eigenvalue weighted by Crippen LogP contribution is -2.34. The molecule has 0 aromatic heterocycles. The van der Waals surface area contributed by atoms with Crippen molar-refractivity contribution in [3.8, 4) is 0 Å². The first-order chi connectivity index (χ1) is 10.0. The Morgan fingerprint density at radius 1 is 1.32 bits per heavy atom. The maximum Gasteiger partial charge on any atom is 0.242 e. The average molecular weight is 324 g/mol. The van der Waals surface area contributed by atoms with Crippen molar-refractivity contribution in [2.45, 2.75) is 39.0 Å². The molecule has 2 rings (SSSR count). The third-order valence-electron chi connectivity index (χ3n) is 3.73. The molecule has 0 saturated heterocycles. The van der Waals surface area contributed by atoms with E-state index in [0.717, 1.165) is 11.3 Å². The number of sulfonamides is 1. The Hall–Kier alpha value is -1.40. The predicted molar refractivity (Wildman–Crippen MR) is 87.4 cm³/mol. The minimum absolute atomic E-state index is 0.0146. The lowest BCUT2D eigenvalue weighted by atomic mass is 9.97. The Bertz CT molecular complexity index is 690. The summed E-state index contributed by atoms with van der Waals surface area (Å²) in [6, 6.07) is 5.03. The van der Waals surface area contributed by atoms with E-state index in [1.54, 1.807) is 30.1 Å². The number of hydrogen-bond acceptors (Lipinski definition) is 3. The van der Waals surface area contributed by atoms with Crippen molar-refractivity contribution in [2.75, 3.05) is 25.0 Å². The van der Waals surface area contributed by atoms with Gasteiger partial charge >= 0.3 is 0 Å². The van der Waals surface area contributed by atoms with E-state index in [1.165, 1.54) is 11.2 Å². The van der Waals surface area contributed by atoms with E-state index < -0.39 is 10.0 Å². The maximum absolute atomic E-state index is 12.7. The van der Waals surface area contributed by atoms with Gasteiger partial charge < -0.3 is 4.90 Å². The number of nitrogens with zero attached hydrogens (tertiary/aromatic N) is 2. The first kappa shape index (κ1) is 17.0. The van der Waals surface area contributed by atoms with E-state index in [1.807, 2.05) is 20.8 Å². The molecule has 0 aliphatic carbocycles. The van der Waals surface area contributed by atoms with Crippen LogP contribution in [0.25, 0.3) is 0 Å². The van der Waals surface area contributed by atoms with Crippen molar-refractivity contribution in [3.63, 3.8) is 0 Å². The van der Waals surface area contributed by atoms with Crippen LogP contribution in [0.15, 0.2) is 23.1 Å². The van der Waals surface area contributed by atoms with Gasteiger partial charge in [0.15, 0.2) is 0 Å². The number of benzene rings is 1. The van der Waals surface area contributed by atoms with E-state index in [2.05, 4.69) is 0 Å². The van der Waals surface area contributed by atoms with Crippen LogP contribution in [-0.2, 0) is 21.2 Å². The van der Waals surface area contributed by atoms with Crippen LogP contribution in [0.3, 0.4) is 0 Å². The van der Waals surface area contributed by atoms with Gasteiger partial charge in [-0.3, -0.25) is 4.79 Å². The molecule has 0 radical (unpaired) electrons. The molecule has 122 valence electrons. The first-order valence-electron chi connectivity index (χ1n) is 7.40. The van der Waals surface area contributed by atoms with Crippen LogP contribution in [-0.4, -0.2) is 38.8 Å². The molecule has 1 aliphatic rings. The predicted octanol–water partition coefficient (Wildman–Crippen LogP) is 2.26. The second kappa shape index (κ2) is 5.66. The Morgan fingerprint density at radius 2 is 1.95 bits per heavy atom. The SMILES string of the molecule is CC(=O)N1CCc2cc(S(=O)(=O)N(C)CC(C)(C)C)ccc21. The van der Waals surface area contributed by atoms with Crippen LogP contribution in [0.5, 0.6) is 0 Å². The number of anilines is 1. The van der Waals surface area contributed by atoms with E-state index >= 15 is 0 Å². The third-order valence-corrected chi connectivity index (χ3v) is 5.53. The molecule has 0 bridgehead atoms. The van der Waals surface area contributed by atoms with Crippen molar-refractivity contribution in [1.29, 1.82) is 0 Å². The zero-order valence-electron chi connectivity index (χ0n) is 13.9. The number of hydrogen-bond donors (Lipinski definition) is 0. The second-order valence-electron chi connectivity index (χ2n) is 7.03. The zero-order chi connectivity index (χ0) is 16.7. The third kappa shape index (κ3) is 3.33. The highest BCUT2D eigenvalue weighted by Crippen LogP contribution is 2.31. The fraction of sp³-hybridized carbons (Fsp3) is 0.562. The summed E-state index contributed by atoms with van der Waals surface area (Å²) in [6.45, 7) is 8.61. The van der Waals surface area contributed by atoms with Gasteiger partial charge in [-0.2, -0.15) is 0 Å². The molecule has 0 atom stereocenters. The highest BCUT2D eigenvalue weighted by atomic mass is 32.2. The topological polar surface area (TPSA) is 57.7 Å². The Morgan fingerprint density at radius 3 is 2.50 bits per heavy atom. The molecule has 22 heavy (non-hydrogen) atoms. The summed E-state index contributed by atoms with van der Waals surface area (Å²) in [7, 11) is -1.89. The summed E-state index contributed by atoms with van der Waals surface area (Å²) in [5, 5.41) is 0. The summed E-state index contributed by atoms with van der Waals surface area (Å²) < 4.78 is 26.7. The van der Waals surface area contributed by atoms with Crippen LogP contribution in [0, 0.1) is 5.41 Å². The molecular formula is C16H24N2O3S. The molecule has 1 heterocycles. The fourth-order valence-corrected chi connectivity index (χ4v) is 4.25. The molecule has 0 spiro atoms. The van der Waals surface area contributed by atoms with Crippen molar-refractivity contribution >= 4 is 21.6 Å². The maximum atomic E-state index is 12.7. The van der Waals surface area contributed by atoms with Gasteiger partial charge in [-0.25, -0.2) is 12.7 Å². The smallest absolute Gasteiger partial charge is 0.242 e. The van der Waals surface area contributed by atoms with Crippen LogP contribution in [0.1, 0.15) is 33.3 Å². The van der Waals surface area contributed by atoms with Gasteiger partial charge in [0.1, 0.15) is 0 Å². The van der Waals surface area contributed by atoms with E-state index in [4.69, 9.17) is 0 Å². The summed E-state index contributed by atoms with van der Waals surface area (Å²) in [4.78, 5) is 13.5. The van der Waals surface area contributed by atoms with Gasteiger partial charge in [0.05, 0.1) is 4.90 Å². The highest BCUT2D eigenvalue weighted by Gasteiger charge is 2.28. The lowest BCUT2D eigenvalue weighted by molar-refractivity contribution is -0.116. The van der Waals surface area contributed by atoms with Crippen LogP contribution >= 0.6 is 0 Å². The van der Waals surface area contributed by atoms with Gasteiger partial charge in [0.25, 0.3) is 0 Å². The Balaban J connectivity index is 2.33. The number of amides is 1. The van der Waals surface area contributed by atoms with Gasteiger partial charge in [-0.05, 0) is 35.6 Å². The molecule has 6 heteroatoms. The fourth-order valence-electron chi connectivity index (χ4n) is 2.80. The minimum atomic E-state index is -3.50. The van der Waals surface area contributed by atoms with E-state index in [9.17, 15) is 13.2 Å². The van der Waals surface area contributed by atoms with Gasteiger partial charge in [-0.15, -0.1) is 0 Å². The number of carbonyl (C=O) groups excluding carboxylic acids is 1. The summed E-state index contributed by atoms with van der Waals surface area (Å²) >= 11 is 0. The Kier molecular flexibility index (Phi) is 4.37. The quantitative estimate of drug-likeness (QED) is 0.857. The van der Waals surface area contributed by atoms with Crippen LogP contribution in [0.4, 0.5) is 5.69 Å². The van der Waals surface area contributed by atoms with Gasteiger partial charge in [0, 0.05) is 32.7 Å². The van der Waals surface area contributed by atoms with E-state index in [-0.39, 0.29) is 11.3 Å².